The lowest BCUT2D eigenvalue weighted by Gasteiger charge is -2.32. The third kappa shape index (κ3) is 7.64. The molecule has 0 aliphatic carbocycles. The van der Waals surface area contributed by atoms with Gasteiger partial charge in [0.05, 0.1) is 34.3 Å². The lowest BCUT2D eigenvalue weighted by molar-refractivity contribution is -0.138. The summed E-state index contributed by atoms with van der Waals surface area (Å²) in [5.74, 6) is -1.63. The van der Waals surface area contributed by atoms with E-state index in [-0.39, 0.29) is 39.8 Å². The topological polar surface area (TPSA) is 87.2 Å². The third-order valence-electron chi connectivity index (χ3n) is 6.87. The smallest absolute Gasteiger partial charge is 0.311 e. The summed E-state index contributed by atoms with van der Waals surface area (Å²) in [5.41, 5.74) is 2.04. The normalized spacial score (nSPS) is 12.1. The molecule has 0 radical (unpaired) electrons. The zero-order valence-corrected chi connectivity index (χ0v) is 26.6. The minimum atomic E-state index is -0.992. The van der Waals surface area contributed by atoms with Crippen LogP contribution in [-0.4, -0.2) is 43.6 Å². The second-order valence-corrected chi connectivity index (χ2v) is 12.5. The maximum atomic E-state index is 13.4. The van der Waals surface area contributed by atoms with E-state index in [1.165, 1.54) is 12.0 Å². The molecule has 1 atom stereocenters. The van der Waals surface area contributed by atoms with Gasteiger partial charge in [-0.2, -0.15) is 0 Å². The summed E-state index contributed by atoms with van der Waals surface area (Å²) in [7, 11) is 3.16. The molecular formula is C33H38Cl2N2O5. The second kappa shape index (κ2) is 13.6. The second-order valence-electron chi connectivity index (χ2n) is 11.7. The fourth-order valence-electron chi connectivity index (χ4n) is 4.62. The molecule has 0 fully saturated rings. The van der Waals surface area contributed by atoms with Gasteiger partial charge in [0.2, 0.25) is 5.91 Å². The number of nitrogens with zero attached hydrogens (tertiary/aromatic N) is 2. The Bertz CT molecular complexity index is 1430. The van der Waals surface area contributed by atoms with Gasteiger partial charge in [0.1, 0.15) is 5.75 Å². The summed E-state index contributed by atoms with van der Waals surface area (Å²) in [6.07, 6.45) is 0.201. The van der Waals surface area contributed by atoms with Crippen LogP contribution in [0.25, 0.3) is 0 Å². The predicted molar refractivity (Wildman–Crippen MR) is 169 cm³/mol. The van der Waals surface area contributed by atoms with Crippen LogP contribution in [0.3, 0.4) is 0 Å². The zero-order chi connectivity index (χ0) is 31.4. The maximum Gasteiger partial charge on any atom is 0.311 e. The minimum Gasteiger partial charge on any atom is -0.495 e. The summed E-state index contributed by atoms with van der Waals surface area (Å²) in [6.45, 7) is 10.1. The summed E-state index contributed by atoms with van der Waals surface area (Å²) in [4.78, 5) is 42.2. The monoisotopic (exact) mass is 612 g/mol. The molecule has 1 unspecified atom stereocenters. The van der Waals surface area contributed by atoms with Crippen molar-refractivity contribution in [3.63, 3.8) is 0 Å². The third-order valence-corrected chi connectivity index (χ3v) is 7.50. The highest BCUT2D eigenvalue weighted by atomic mass is 35.5. The summed E-state index contributed by atoms with van der Waals surface area (Å²) >= 11 is 12.4. The number of aliphatic carboxylic acids is 1. The highest BCUT2D eigenvalue weighted by molar-refractivity contribution is 6.40. The molecule has 0 spiro atoms. The Morgan fingerprint density at radius 1 is 0.952 bits per heavy atom. The molecule has 0 saturated carbocycles. The predicted octanol–water partition coefficient (Wildman–Crippen LogP) is 7.72. The number of hydrogen-bond donors (Lipinski definition) is 1. The molecule has 2 amide bonds. The van der Waals surface area contributed by atoms with Crippen molar-refractivity contribution in [3.05, 3.63) is 87.4 Å². The Kier molecular flexibility index (Phi) is 10.7. The lowest BCUT2D eigenvalue weighted by atomic mass is 9.90. The van der Waals surface area contributed by atoms with E-state index in [9.17, 15) is 19.5 Å². The van der Waals surface area contributed by atoms with Gasteiger partial charge in [-0.15, -0.1) is 0 Å². The molecular weight excluding hydrogens is 575 g/mol. The minimum absolute atomic E-state index is 0.0779. The quantitative estimate of drug-likeness (QED) is 0.253. The molecule has 3 aromatic carbocycles. The van der Waals surface area contributed by atoms with E-state index in [4.69, 9.17) is 27.9 Å². The van der Waals surface area contributed by atoms with Crippen LogP contribution in [0.2, 0.25) is 10.0 Å². The molecule has 0 heterocycles. The van der Waals surface area contributed by atoms with Gasteiger partial charge in [-0.1, -0.05) is 82.1 Å². The molecule has 0 bridgehead atoms. The first kappa shape index (κ1) is 33.0. The number of halogens is 2. The van der Waals surface area contributed by atoms with Crippen molar-refractivity contribution in [1.29, 1.82) is 0 Å². The van der Waals surface area contributed by atoms with Crippen LogP contribution in [0.15, 0.2) is 60.7 Å². The SMILES string of the molecule is COc1ccc(C(Cc2ccc(N(C)C(=O)c3c(Cl)cccc3Cl)cc2)C(=O)O)cc1N(CC(C)C)C(=O)C(C)(C)C. The van der Waals surface area contributed by atoms with Gasteiger partial charge in [-0.3, -0.25) is 14.4 Å². The first-order valence-corrected chi connectivity index (χ1v) is 14.4. The van der Waals surface area contributed by atoms with Gasteiger partial charge < -0.3 is 19.6 Å². The van der Waals surface area contributed by atoms with Gasteiger partial charge in [-0.25, -0.2) is 0 Å². The number of benzene rings is 3. The van der Waals surface area contributed by atoms with E-state index in [0.29, 0.717) is 29.2 Å². The van der Waals surface area contributed by atoms with E-state index in [1.54, 1.807) is 72.6 Å². The van der Waals surface area contributed by atoms with Crippen LogP contribution in [0.4, 0.5) is 11.4 Å². The van der Waals surface area contributed by atoms with Crippen molar-refractivity contribution in [2.45, 2.75) is 47.0 Å². The molecule has 42 heavy (non-hydrogen) atoms. The Morgan fingerprint density at radius 3 is 2.05 bits per heavy atom. The van der Waals surface area contributed by atoms with Crippen molar-refractivity contribution in [2.75, 3.05) is 30.5 Å². The molecule has 3 rings (SSSR count). The molecule has 3 aromatic rings. The van der Waals surface area contributed by atoms with E-state index in [0.717, 1.165) is 5.56 Å². The Labute approximate surface area is 258 Å². The van der Waals surface area contributed by atoms with E-state index in [1.807, 2.05) is 34.6 Å². The molecule has 0 aromatic heterocycles. The number of amides is 2. The maximum absolute atomic E-state index is 13.4. The number of anilines is 2. The van der Waals surface area contributed by atoms with Gasteiger partial charge in [0.15, 0.2) is 0 Å². The molecule has 224 valence electrons. The van der Waals surface area contributed by atoms with Gasteiger partial charge in [0, 0.05) is 24.7 Å². The van der Waals surface area contributed by atoms with Crippen LogP contribution < -0.4 is 14.5 Å². The van der Waals surface area contributed by atoms with Crippen LogP contribution in [-0.2, 0) is 16.0 Å². The number of hydrogen-bond acceptors (Lipinski definition) is 4. The van der Waals surface area contributed by atoms with Crippen LogP contribution in [0, 0.1) is 11.3 Å². The number of carboxylic acid groups (broad SMARTS) is 1. The van der Waals surface area contributed by atoms with Crippen molar-refractivity contribution in [1.82, 2.24) is 0 Å². The Hall–Kier alpha value is -3.55. The van der Waals surface area contributed by atoms with E-state index >= 15 is 0 Å². The van der Waals surface area contributed by atoms with E-state index < -0.39 is 17.3 Å². The average Bonchev–Trinajstić information content (AvgIpc) is 2.93. The zero-order valence-electron chi connectivity index (χ0n) is 25.1. The first-order valence-electron chi connectivity index (χ1n) is 13.7. The Balaban J connectivity index is 1.92. The van der Waals surface area contributed by atoms with Crippen LogP contribution >= 0.6 is 23.2 Å². The number of carbonyl (C=O) groups excluding carboxylic acids is 2. The standard InChI is InChI=1S/C33H38Cl2N2O5/c1-20(2)19-37(32(41)33(3,4)5)27-18-22(13-16-28(27)42-7)24(31(39)40)17-21-11-14-23(15-12-21)36(6)30(38)29-25(34)9-8-10-26(29)35/h8-16,18,20,24H,17,19H2,1-7H3,(H,39,40). The number of ether oxygens (including phenoxy) is 1. The molecule has 9 heteroatoms. The van der Waals surface area contributed by atoms with Crippen molar-refractivity contribution < 1.29 is 24.2 Å². The number of rotatable bonds is 10. The molecule has 7 nitrogen and oxygen atoms in total. The van der Waals surface area contributed by atoms with Crippen LogP contribution in [0.5, 0.6) is 5.75 Å². The molecule has 1 N–H and O–H groups in total. The number of carboxylic acids is 1. The van der Waals surface area contributed by atoms with Crippen molar-refractivity contribution in [2.24, 2.45) is 11.3 Å². The summed E-state index contributed by atoms with van der Waals surface area (Å²) in [6, 6.07) is 17.2. The fraction of sp³-hybridized carbons (Fsp3) is 0.364. The highest BCUT2D eigenvalue weighted by Crippen LogP contribution is 2.36. The summed E-state index contributed by atoms with van der Waals surface area (Å²) < 4.78 is 5.60. The van der Waals surface area contributed by atoms with E-state index in [2.05, 4.69) is 0 Å². The molecule has 0 aliphatic heterocycles. The first-order chi connectivity index (χ1) is 19.6. The summed E-state index contributed by atoms with van der Waals surface area (Å²) in [5, 5.41) is 10.8. The lowest BCUT2D eigenvalue weighted by Crippen LogP contribution is -2.42. The van der Waals surface area contributed by atoms with Gasteiger partial charge >= 0.3 is 5.97 Å². The van der Waals surface area contributed by atoms with Crippen molar-refractivity contribution >= 4 is 52.4 Å². The number of carbonyl (C=O) groups is 3. The fourth-order valence-corrected chi connectivity index (χ4v) is 5.18. The van der Waals surface area contributed by atoms with Gasteiger partial charge in [0.25, 0.3) is 5.91 Å². The molecule has 0 aliphatic rings. The number of methoxy groups -OCH3 is 1. The highest BCUT2D eigenvalue weighted by Gasteiger charge is 2.31. The average molecular weight is 614 g/mol. The molecule has 0 saturated heterocycles. The van der Waals surface area contributed by atoms with Crippen molar-refractivity contribution in [3.8, 4) is 5.75 Å². The van der Waals surface area contributed by atoms with Gasteiger partial charge in [-0.05, 0) is 59.9 Å². The Morgan fingerprint density at radius 2 is 1.55 bits per heavy atom. The largest absolute Gasteiger partial charge is 0.495 e. The van der Waals surface area contributed by atoms with Crippen LogP contribution in [0.1, 0.15) is 62.0 Å².